The summed E-state index contributed by atoms with van der Waals surface area (Å²) in [5.41, 5.74) is 1.72. The highest BCUT2D eigenvalue weighted by Gasteiger charge is 2.63. The van der Waals surface area contributed by atoms with Gasteiger partial charge in [0, 0.05) is 18.3 Å². The van der Waals surface area contributed by atoms with Gasteiger partial charge in [-0.3, -0.25) is 9.59 Å². The molecule has 4 aliphatic rings. The summed E-state index contributed by atoms with van der Waals surface area (Å²) in [4.78, 5) is 25.1. The number of hydrogen-bond donors (Lipinski definition) is 0. The number of rotatable bonds is 10. The molecule has 0 saturated heterocycles. The fraction of sp³-hybridized carbons (Fsp3) is 0.875. The zero-order valence-corrected chi connectivity index (χ0v) is 23.4. The summed E-state index contributed by atoms with van der Waals surface area (Å²) in [5, 5.41) is 0. The number of hydrogen-bond acceptors (Lipinski definition) is 3. The van der Waals surface area contributed by atoms with E-state index in [2.05, 4.69) is 34.6 Å². The Bertz CT molecular complexity index is 799. The van der Waals surface area contributed by atoms with Crippen molar-refractivity contribution < 1.29 is 14.3 Å². The van der Waals surface area contributed by atoms with Crippen LogP contribution in [0.1, 0.15) is 131 Å². The van der Waals surface area contributed by atoms with Gasteiger partial charge < -0.3 is 4.74 Å². The lowest BCUT2D eigenvalue weighted by atomic mass is 9.43. The van der Waals surface area contributed by atoms with Crippen LogP contribution in [0.3, 0.4) is 0 Å². The summed E-state index contributed by atoms with van der Waals surface area (Å²) in [7, 11) is 0. The Morgan fingerprint density at radius 2 is 1.69 bits per heavy atom. The highest BCUT2D eigenvalue weighted by Crippen LogP contribution is 2.68. The third-order valence-corrected chi connectivity index (χ3v) is 11.0. The first-order valence-corrected chi connectivity index (χ1v) is 15.1. The van der Waals surface area contributed by atoms with Crippen molar-refractivity contribution in [2.24, 2.45) is 40.4 Å². The summed E-state index contributed by atoms with van der Waals surface area (Å²) < 4.78 is 6.26. The van der Waals surface area contributed by atoms with Crippen LogP contribution in [-0.2, 0) is 14.3 Å². The van der Waals surface area contributed by atoms with E-state index < -0.39 is 0 Å². The highest BCUT2D eigenvalue weighted by atomic mass is 16.5. The number of carbonyl (C=O) groups excluding carboxylic acids is 2. The average Bonchev–Trinajstić information content (AvgIpc) is 3.12. The first-order valence-electron chi connectivity index (χ1n) is 15.1. The molecular formula is C32H52O3. The lowest BCUT2D eigenvalue weighted by Gasteiger charge is -2.62. The maximum atomic E-state index is 12.8. The Balaban J connectivity index is 1.35. The lowest BCUT2D eigenvalue weighted by molar-refractivity contribution is -0.165. The zero-order chi connectivity index (χ0) is 25.2. The average molecular weight is 485 g/mol. The van der Waals surface area contributed by atoms with E-state index in [4.69, 9.17) is 4.74 Å². The molecule has 4 rings (SSSR count). The van der Waals surface area contributed by atoms with Crippen LogP contribution < -0.4 is 0 Å². The number of ether oxygens (including phenoxy) is 1. The van der Waals surface area contributed by atoms with Gasteiger partial charge in [0.2, 0.25) is 0 Å². The Hall–Kier alpha value is -1.12. The van der Waals surface area contributed by atoms with Gasteiger partial charge in [0.05, 0.1) is 0 Å². The Kier molecular flexibility index (Phi) is 8.54. The van der Waals surface area contributed by atoms with Crippen LogP contribution in [0.5, 0.6) is 0 Å². The first kappa shape index (κ1) is 26.9. The fourth-order valence-corrected chi connectivity index (χ4v) is 9.34. The molecule has 0 heterocycles. The van der Waals surface area contributed by atoms with Crippen molar-refractivity contribution in [2.45, 2.75) is 137 Å². The molecule has 0 aliphatic heterocycles. The van der Waals surface area contributed by atoms with Crippen molar-refractivity contribution in [2.75, 3.05) is 0 Å². The van der Waals surface area contributed by atoms with Gasteiger partial charge in [-0.15, -0.1) is 0 Å². The number of esters is 1. The lowest BCUT2D eigenvalue weighted by Crippen LogP contribution is -2.57. The Morgan fingerprint density at radius 1 is 1.00 bits per heavy atom. The molecule has 0 N–H and O–H groups in total. The van der Waals surface area contributed by atoms with E-state index >= 15 is 0 Å². The van der Waals surface area contributed by atoms with Crippen LogP contribution in [0.2, 0.25) is 0 Å². The number of allylic oxidation sites excluding steroid dienone is 1. The minimum absolute atomic E-state index is 0.0392. The van der Waals surface area contributed by atoms with Gasteiger partial charge in [0.25, 0.3) is 0 Å². The molecule has 0 aromatic rings. The minimum atomic E-state index is 0.0392. The van der Waals surface area contributed by atoms with Crippen LogP contribution in [0.25, 0.3) is 0 Å². The van der Waals surface area contributed by atoms with E-state index in [-0.39, 0.29) is 22.9 Å². The van der Waals surface area contributed by atoms with Crippen LogP contribution in [0, 0.1) is 40.4 Å². The molecule has 0 amide bonds. The van der Waals surface area contributed by atoms with E-state index in [1.807, 2.05) is 6.08 Å². The van der Waals surface area contributed by atoms with Gasteiger partial charge in [-0.05, 0) is 79.6 Å². The number of ketones is 1. The third kappa shape index (κ3) is 5.30. The van der Waals surface area contributed by atoms with Crippen LogP contribution >= 0.6 is 0 Å². The van der Waals surface area contributed by atoms with Gasteiger partial charge >= 0.3 is 5.97 Å². The van der Waals surface area contributed by atoms with Gasteiger partial charge in [0.15, 0.2) is 5.78 Å². The Morgan fingerprint density at radius 3 is 2.40 bits per heavy atom. The molecule has 0 spiro atoms. The summed E-state index contributed by atoms with van der Waals surface area (Å²) in [5.74, 6) is 3.53. The maximum Gasteiger partial charge on any atom is 0.306 e. The smallest absolute Gasteiger partial charge is 0.306 e. The second kappa shape index (κ2) is 11.1. The number of carbonyl (C=O) groups is 2. The first-order chi connectivity index (χ1) is 16.7. The van der Waals surface area contributed by atoms with Crippen molar-refractivity contribution in [1.29, 1.82) is 0 Å². The largest absolute Gasteiger partial charge is 0.462 e. The van der Waals surface area contributed by atoms with E-state index in [0.717, 1.165) is 38.5 Å². The fourth-order valence-electron chi connectivity index (χ4n) is 9.34. The molecule has 3 nitrogen and oxygen atoms in total. The zero-order valence-electron chi connectivity index (χ0n) is 23.4. The number of unbranched alkanes of at least 4 members (excludes halogenated alkanes) is 7. The van der Waals surface area contributed by atoms with E-state index in [1.165, 1.54) is 50.5 Å². The highest BCUT2D eigenvalue weighted by molar-refractivity contribution is 5.91. The molecule has 0 bridgehead atoms. The molecular weight excluding hydrogens is 432 g/mol. The van der Waals surface area contributed by atoms with Gasteiger partial charge in [-0.1, -0.05) is 85.1 Å². The quantitative estimate of drug-likeness (QED) is 0.231. The van der Waals surface area contributed by atoms with Crippen LogP contribution in [0.4, 0.5) is 0 Å². The normalized spacial score (nSPS) is 40.5. The molecule has 3 heteroatoms. The van der Waals surface area contributed by atoms with Gasteiger partial charge in [-0.2, -0.15) is 0 Å². The van der Waals surface area contributed by atoms with Crippen molar-refractivity contribution >= 4 is 11.8 Å². The second-order valence-corrected chi connectivity index (χ2v) is 13.4. The SMILES string of the molecule is CCCCCCCCCCC(=O)O[C@H]1CCC2C3C([C@@H](C)C[C@@]21C)[C@@]1(C)CCC(=O)C=C1C[C@@H]3C. The second-order valence-electron chi connectivity index (χ2n) is 13.4. The summed E-state index contributed by atoms with van der Waals surface area (Å²) >= 11 is 0. The standard InChI is InChI=1S/C32H52O3/c1-6-7-8-9-10-11-12-13-14-28(34)35-27-16-15-26-29-22(2)19-24-20-25(33)17-18-31(24,4)30(29)23(3)21-32(26,27)5/h20,22-23,26-27,29-30H,6-19,21H2,1-5H3/t22-,23-,26?,27-,29?,30?,31-,32-/m0/s1. The summed E-state index contributed by atoms with van der Waals surface area (Å²) in [6.07, 6.45) is 18.9. The van der Waals surface area contributed by atoms with E-state index in [0.29, 0.717) is 48.2 Å². The van der Waals surface area contributed by atoms with E-state index in [1.54, 1.807) is 0 Å². The minimum Gasteiger partial charge on any atom is -0.462 e. The van der Waals surface area contributed by atoms with Gasteiger partial charge in [0.1, 0.15) is 6.10 Å². The predicted octanol–water partition coefficient (Wildman–Crippen LogP) is 8.45. The van der Waals surface area contributed by atoms with Crippen molar-refractivity contribution in [3.05, 3.63) is 11.6 Å². The molecule has 0 radical (unpaired) electrons. The monoisotopic (exact) mass is 484 g/mol. The summed E-state index contributed by atoms with van der Waals surface area (Å²) in [6.45, 7) is 12.0. The Labute approximate surface area is 215 Å². The molecule has 0 aromatic carbocycles. The van der Waals surface area contributed by atoms with E-state index in [9.17, 15) is 9.59 Å². The maximum absolute atomic E-state index is 12.8. The third-order valence-electron chi connectivity index (χ3n) is 11.0. The molecule has 3 fully saturated rings. The molecule has 4 aliphatic carbocycles. The van der Waals surface area contributed by atoms with Crippen molar-refractivity contribution in [3.63, 3.8) is 0 Å². The molecule has 0 aromatic heterocycles. The summed E-state index contributed by atoms with van der Waals surface area (Å²) in [6, 6.07) is 0. The topological polar surface area (TPSA) is 43.4 Å². The molecule has 3 saturated carbocycles. The van der Waals surface area contributed by atoms with Gasteiger partial charge in [-0.25, -0.2) is 0 Å². The van der Waals surface area contributed by atoms with Crippen molar-refractivity contribution in [1.82, 2.24) is 0 Å². The molecule has 35 heavy (non-hydrogen) atoms. The molecule has 198 valence electrons. The number of fused-ring (bicyclic) bond motifs is 5. The van der Waals surface area contributed by atoms with Crippen LogP contribution in [-0.4, -0.2) is 17.9 Å². The molecule has 3 unspecified atom stereocenters. The predicted molar refractivity (Wildman–Crippen MR) is 143 cm³/mol. The molecule has 8 atom stereocenters. The van der Waals surface area contributed by atoms with Crippen molar-refractivity contribution in [3.8, 4) is 0 Å². The van der Waals surface area contributed by atoms with Crippen LogP contribution in [0.15, 0.2) is 11.6 Å².